The first kappa shape index (κ1) is 23.4. The molecule has 2 rings (SSSR count). The zero-order chi connectivity index (χ0) is 21.5. The number of amides is 1. The van der Waals surface area contributed by atoms with Crippen LogP contribution in [0.25, 0.3) is 0 Å². The van der Waals surface area contributed by atoms with Gasteiger partial charge in [-0.2, -0.15) is 16.5 Å². The van der Waals surface area contributed by atoms with Gasteiger partial charge in [-0.3, -0.25) is 4.79 Å². The van der Waals surface area contributed by atoms with Gasteiger partial charge in [0.1, 0.15) is 6.04 Å². The first-order chi connectivity index (χ1) is 13.7. The van der Waals surface area contributed by atoms with Crippen molar-refractivity contribution in [3.63, 3.8) is 0 Å². The van der Waals surface area contributed by atoms with E-state index in [-0.39, 0.29) is 16.2 Å². The number of benzene rings is 2. The standard InChI is InChI=1S/C22H30N2O3S2/c1-17-9-8-10-18(15-17)22(2,3)16-23-21(25)20(13-14-28-4)24-29(26,27)19-11-6-5-7-12-19/h5-12,15,20,24H,13-14,16H2,1-4H3,(H,23,25). The Morgan fingerprint density at radius 1 is 1.10 bits per heavy atom. The highest BCUT2D eigenvalue weighted by Gasteiger charge is 2.28. The summed E-state index contributed by atoms with van der Waals surface area (Å²) in [4.78, 5) is 13.0. The molecule has 0 bridgehead atoms. The molecule has 0 heterocycles. The number of thioether (sulfide) groups is 1. The van der Waals surface area contributed by atoms with Gasteiger partial charge in [-0.25, -0.2) is 8.42 Å². The molecule has 158 valence electrons. The Bertz CT molecular complexity index is 913. The third kappa shape index (κ3) is 6.87. The number of sulfonamides is 1. The van der Waals surface area contributed by atoms with E-state index in [0.29, 0.717) is 18.7 Å². The molecule has 0 aliphatic carbocycles. The lowest BCUT2D eigenvalue weighted by Gasteiger charge is -2.27. The molecule has 0 radical (unpaired) electrons. The quantitative estimate of drug-likeness (QED) is 0.600. The predicted molar refractivity (Wildman–Crippen MR) is 121 cm³/mol. The van der Waals surface area contributed by atoms with Crippen LogP contribution in [0, 0.1) is 6.92 Å². The summed E-state index contributed by atoms with van der Waals surface area (Å²) in [6, 6.07) is 15.5. The molecule has 0 fully saturated rings. The van der Waals surface area contributed by atoms with Crippen molar-refractivity contribution in [1.82, 2.24) is 10.0 Å². The zero-order valence-electron chi connectivity index (χ0n) is 17.4. The van der Waals surface area contributed by atoms with Crippen LogP contribution in [-0.2, 0) is 20.2 Å². The minimum absolute atomic E-state index is 0.155. The van der Waals surface area contributed by atoms with Crippen LogP contribution in [0.3, 0.4) is 0 Å². The Labute approximate surface area is 178 Å². The summed E-state index contributed by atoms with van der Waals surface area (Å²) in [6.45, 7) is 6.58. The fraction of sp³-hybridized carbons (Fsp3) is 0.409. The molecule has 1 amide bonds. The highest BCUT2D eigenvalue weighted by atomic mass is 32.2. The number of rotatable bonds is 10. The Hall–Kier alpha value is -1.83. The molecule has 1 atom stereocenters. The SMILES string of the molecule is CSCCC(NS(=O)(=O)c1ccccc1)C(=O)NCC(C)(C)c1cccc(C)c1. The van der Waals surface area contributed by atoms with E-state index in [1.54, 1.807) is 30.0 Å². The Balaban J connectivity index is 2.10. The maximum Gasteiger partial charge on any atom is 0.241 e. The van der Waals surface area contributed by atoms with Crippen molar-refractivity contribution in [1.29, 1.82) is 0 Å². The summed E-state index contributed by atoms with van der Waals surface area (Å²) in [5.41, 5.74) is 2.02. The average molecular weight is 435 g/mol. The van der Waals surface area contributed by atoms with Crippen LogP contribution in [-0.4, -0.2) is 38.9 Å². The van der Waals surface area contributed by atoms with Crippen LogP contribution in [0.15, 0.2) is 59.5 Å². The van der Waals surface area contributed by atoms with E-state index in [9.17, 15) is 13.2 Å². The van der Waals surface area contributed by atoms with Crippen LogP contribution in [0.2, 0.25) is 0 Å². The minimum Gasteiger partial charge on any atom is -0.354 e. The van der Waals surface area contributed by atoms with Crippen molar-refractivity contribution in [2.75, 3.05) is 18.6 Å². The fourth-order valence-electron chi connectivity index (χ4n) is 2.93. The van der Waals surface area contributed by atoms with Gasteiger partial charge in [-0.05, 0) is 43.0 Å². The summed E-state index contributed by atoms with van der Waals surface area (Å²) < 4.78 is 27.9. The first-order valence-corrected chi connectivity index (χ1v) is 12.4. The first-order valence-electron chi connectivity index (χ1n) is 9.57. The topological polar surface area (TPSA) is 75.3 Å². The maximum atomic E-state index is 12.9. The van der Waals surface area contributed by atoms with Gasteiger partial charge < -0.3 is 5.32 Å². The van der Waals surface area contributed by atoms with Crippen molar-refractivity contribution >= 4 is 27.7 Å². The molecule has 7 heteroatoms. The fourth-order valence-corrected chi connectivity index (χ4v) is 4.66. The summed E-state index contributed by atoms with van der Waals surface area (Å²) in [6.07, 6.45) is 2.35. The third-order valence-corrected chi connectivity index (χ3v) is 6.91. The van der Waals surface area contributed by atoms with Crippen LogP contribution in [0.4, 0.5) is 0 Å². The van der Waals surface area contributed by atoms with Gasteiger partial charge in [-0.1, -0.05) is 61.9 Å². The Kier molecular flexibility index (Phi) is 8.31. The van der Waals surface area contributed by atoms with Crippen molar-refractivity contribution < 1.29 is 13.2 Å². The van der Waals surface area contributed by atoms with Crippen molar-refractivity contribution in [2.45, 2.75) is 43.5 Å². The molecule has 1 unspecified atom stereocenters. The average Bonchev–Trinajstić information content (AvgIpc) is 2.70. The number of carbonyl (C=O) groups is 1. The van der Waals surface area contributed by atoms with Crippen LogP contribution < -0.4 is 10.0 Å². The smallest absolute Gasteiger partial charge is 0.241 e. The van der Waals surface area contributed by atoms with E-state index < -0.39 is 16.1 Å². The lowest BCUT2D eigenvalue weighted by molar-refractivity contribution is -0.123. The highest BCUT2D eigenvalue weighted by Crippen LogP contribution is 2.23. The van der Waals surface area contributed by atoms with Gasteiger partial charge in [-0.15, -0.1) is 0 Å². The van der Waals surface area contributed by atoms with E-state index in [1.165, 1.54) is 12.1 Å². The molecule has 0 aliphatic heterocycles. The van der Waals surface area contributed by atoms with Gasteiger partial charge in [0.15, 0.2) is 0 Å². The Morgan fingerprint density at radius 2 is 1.79 bits per heavy atom. The molecular formula is C22H30N2O3S2. The third-order valence-electron chi connectivity index (χ3n) is 4.78. The molecule has 29 heavy (non-hydrogen) atoms. The van der Waals surface area contributed by atoms with Gasteiger partial charge in [0, 0.05) is 12.0 Å². The van der Waals surface area contributed by atoms with E-state index in [2.05, 4.69) is 30.0 Å². The van der Waals surface area contributed by atoms with Crippen LogP contribution >= 0.6 is 11.8 Å². The van der Waals surface area contributed by atoms with Gasteiger partial charge in [0.05, 0.1) is 4.90 Å². The van der Waals surface area contributed by atoms with Gasteiger partial charge in [0.2, 0.25) is 15.9 Å². The zero-order valence-corrected chi connectivity index (χ0v) is 19.1. The lowest BCUT2D eigenvalue weighted by Crippen LogP contribution is -2.49. The number of nitrogens with one attached hydrogen (secondary N) is 2. The maximum absolute atomic E-state index is 12.9. The largest absolute Gasteiger partial charge is 0.354 e. The summed E-state index contributed by atoms with van der Waals surface area (Å²) in [5.74, 6) is 0.371. The summed E-state index contributed by atoms with van der Waals surface area (Å²) in [7, 11) is -3.77. The number of hydrogen-bond donors (Lipinski definition) is 2. The van der Waals surface area contributed by atoms with Crippen LogP contribution in [0.5, 0.6) is 0 Å². The molecule has 2 aromatic carbocycles. The minimum atomic E-state index is -3.77. The van der Waals surface area contributed by atoms with Crippen molar-refractivity contribution in [3.05, 3.63) is 65.7 Å². The molecular weight excluding hydrogens is 404 g/mol. The lowest BCUT2D eigenvalue weighted by atomic mass is 9.84. The van der Waals surface area contributed by atoms with E-state index in [0.717, 1.165) is 11.1 Å². The predicted octanol–water partition coefficient (Wildman–Crippen LogP) is 3.49. The van der Waals surface area contributed by atoms with E-state index in [1.807, 2.05) is 31.4 Å². The van der Waals surface area contributed by atoms with Crippen molar-refractivity contribution in [2.24, 2.45) is 0 Å². The molecule has 0 saturated heterocycles. The van der Waals surface area contributed by atoms with Gasteiger partial charge in [0.25, 0.3) is 0 Å². The number of carbonyl (C=O) groups excluding carboxylic acids is 1. The van der Waals surface area contributed by atoms with E-state index >= 15 is 0 Å². The molecule has 0 aliphatic rings. The molecule has 0 saturated carbocycles. The monoisotopic (exact) mass is 434 g/mol. The second-order valence-corrected chi connectivity index (χ2v) is 10.4. The summed E-state index contributed by atoms with van der Waals surface area (Å²) >= 11 is 1.58. The van der Waals surface area contributed by atoms with Gasteiger partial charge >= 0.3 is 0 Å². The summed E-state index contributed by atoms with van der Waals surface area (Å²) in [5, 5.41) is 2.95. The number of aryl methyl sites for hydroxylation is 1. The second-order valence-electron chi connectivity index (χ2n) is 7.74. The van der Waals surface area contributed by atoms with Crippen LogP contribution in [0.1, 0.15) is 31.4 Å². The van der Waals surface area contributed by atoms with E-state index in [4.69, 9.17) is 0 Å². The van der Waals surface area contributed by atoms with Crippen molar-refractivity contribution in [3.8, 4) is 0 Å². The second kappa shape index (κ2) is 10.3. The molecule has 5 nitrogen and oxygen atoms in total. The molecule has 2 N–H and O–H groups in total. The highest BCUT2D eigenvalue weighted by molar-refractivity contribution is 7.98. The number of hydrogen-bond acceptors (Lipinski definition) is 4. The Morgan fingerprint density at radius 3 is 2.41 bits per heavy atom. The molecule has 0 spiro atoms. The molecule has 0 aromatic heterocycles. The normalized spacial score (nSPS) is 13.1. The molecule has 2 aromatic rings.